The van der Waals surface area contributed by atoms with Crippen molar-refractivity contribution in [2.75, 3.05) is 6.61 Å². The molecule has 2 aromatic carbocycles. The molecule has 0 atom stereocenters. The van der Waals surface area contributed by atoms with Gasteiger partial charge in [-0.15, -0.1) is 0 Å². The Balaban J connectivity index is 0.000000963. The van der Waals surface area contributed by atoms with Crippen LogP contribution in [-0.4, -0.2) is 17.9 Å². The van der Waals surface area contributed by atoms with Crippen molar-refractivity contribution < 1.29 is 11.3 Å². The van der Waals surface area contributed by atoms with Crippen LogP contribution in [0.4, 0.5) is 5.69 Å². The van der Waals surface area contributed by atoms with E-state index in [0.717, 1.165) is 22.2 Å². The SMILES string of the molecule is Oc1ccc2ccc3c(c2c1)OCC=N3.[H+]. The summed E-state index contributed by atoms with van der Waals surface area (Å²) >= 11 is 0. The lowest BCUT2D eigenvalue weighted by molar-refractivity contribution is 0.381. The van der Waals surface area contributed by atoms with Gasteiger partial charge in [-0.2, -0.15) is 0 Å². The van der Waals surface area contributed by atoms with E-state index in [-0.39, 0.29) is 7.18 Å². The summed E-state index contributed by atoms with van der Waals surface area (Å²) in [5.74, 6) is 1.000. The summed E-state index contributed by atoms with van der Waals surface area (Å²) in [5.41, 5.74) is 0.819. The van der Waals surface area contributed by atoms with Crippen molar-refractivity contribution in [1.29, 1.82) is 0 Å². The Morgan fingerprint density at radius 1 is 1.27 bits per heavy atom. The molecule has 3 heteroatoms. The van der Waals surface area contributed by atoms with Gasteiger partial charge in [-0.05, 0) is 23.6 Å². The minimum absolute atomic E-state index is 0. The zero-order chi connectivity index (χ0) is 10.3. The van der Waals surface area contributed by atoms with Gasteiger partial charge in [0.05, 0.1) is 0 Å². The number of ether oxygens (including phenoxy) is 1. The molecular weight excluding hydrogens is 190 g/mol. The van der Waals surface area contributed by atoms with E-state index in [0.29, 0.717) is 6.61 Å². The topological polar surface area (TPSA) is 41.8 Å². The average Bonchev–Trinajstić information content (AvgIpc) is 2.29. The lowest BCUT2D eigenvalue weighted by Gasteiger charge is -2.14. The highest BCUT2D eigenvalue weighted by atomic mass is 16.5. The maximum atomic E-state index is 9.44. The number of phenols is 1. The predicted molar refractivity (Wildman–Crippen MR) is 60.4 cm³/mol. The molecule has 15 heavy (non-hydrogen) atoms. The van der Waals surface area contributed by atoms with Crippen molar-refractivity contribution in [3.63, 3.8) is 0 Å². The first-order chi connectivity index (χ1) is 7.34. The van der Waals surface area contributed by atoms with Crippen molar-refractivity contribution in [2.24, 2.45) is 4.99 Å². The highest BCUT2D eigenvalue weighted by molar-refractivity contribution is 5.95. The summed E-state index contributed by atoms with van der Waals surface area (Å²) in [7, 11) is 0. The molecule has 0 radical (unpaired) electrons. The Labute approximate surface area is 88.1 Å². The van der Waals surface area contributed by atoms with Crippen LogP contribution in [0.25, 0.3) is 10.8 Å². The van der Waals surface area contributed by atoms with E-state index in [1.807, 2.05) is 18.2 Å². The Morgan fingerprint density at radius 2 is 2.13 bits per heavy atom. The molecule has 0 aromatic heterocycles. The molecule has 0 aliphatic carbocycles. The first-order valence-corrected chi connectivity index (χ1v) is 4.76. The molecule has 0 amide bonds. The second kappa shape index (κ2) is 2.98. The number of aromatic hydroxyl groups is 1. The van der Waals surface area contributed by atoms with Gasteiger partial charge in [-0.25, -0.2) is 0 Å². The third-order valence-electron chi connectivity index (χ3n) is 2.47. The van der Waals surface area contributed by atoms with Gasteiger partial charge >= 0.3 is 1.43 Å². The van der Waals surface area contributed by atoms with E-state index >= 15 is 0 Å². The predicted octanol–water partition coefficient (Wildman–Crippen LogP) is 2.75. The molecule has 2 aromatic rings. The number of aliphatic imine (C=N–C) groups is 1. The molecule has 3 nitrogen and oxygen atoms in total. The van der Waals surface area contributed by atoms with Crippen molar-refractivity contribution in [3.05, 3.63) is 30.3 Å². The van der Waals surface area contributed by atoms with Gasteiger partial charge in [-0.1, -0.05) is 12.1 Å². The Kier molecular flexibility index (Phi) is 1.65. The molecule has 1 N–H and O–H groups in total. The Morgan fingerprint density at radius 3 is 3.07 bits per heavy atom. The van der Waals surface area contributed by atoms with Crippen molar-refractivity contribution in [1.82, 2.24) is 0 Å². The number of fused-ring (bicyclic) bond motifs is 3. The van der Waals surface area contributed by atoms with Gasteiger partial charge in [0, 0.05) is 11.6 Å². The third-order valence-corrected chi connectivity index (χ3v) is 2.47. The quantitative estimate of drug-likeness (QED) is 0.710. The molecular formula is C12H10NO2+. The van der Waals surface area contributed by atoms with E-state index in [9.17, 15) is 5.11 Å². The minimum Gasteiger partial charge on any atom is -0.508 e. The van der Waals surface area contributed by atoms with Crippen LogP contribution in [0.3, 0.4) is 0 Å². The fourth-order valence-electron chi connectivity index (χ4n) is 1.78. The molecule has 0 fully saturated rings. The second-order valence-electron chi connectivity index (χ2n) is 3.44. The molecule has 0 spiro atoms. The van der Waals surface area contributed by atoms with Crippen molar-refractivity contribution >= 4 is 22.7 Å². The zero-order valence-electron chi connectivity index (χ0n) is 8.97. The highest BCUT2D eigenvalue weighted by Gasteiger charge is 2.11. The number of nitrogens with zero attached hydrogens (tertiary/aromatic N) is 1. The number of rotatable bonds is 0. The van der Waals surface area contributed by atoms with Crippen LogP contribution in [0.2, 0.25) is 0 Å². The molecule has 0 unspecified atom stereocenters. The smallest absolute Gasteiger partial charge is 0.508 e. The van der Waals surface area contributed by atoms with Crippen LogP contribution in [0.1, 0.15) is 1.43 Å². The average molecular weight is 200 g/mol. The molecule has 1 aliphatic heterocycles. The van der Waals surface area contributed by atoms with Gasteiger partial charge in [0.25, 0.3) is 0 Å². The maximum Gasteiger partial charge on any atom is 1.00 e. The fourth-order valence-corrected chi connectivity index (χ4v) is 1.78. The standard InChI is InChI=1S/C12H9NO2/c14-9-3-1-8-2-4-11-12(10(8)7-9)15-6-5-13-11/h1-5,7,14H,6H2/p+1. The van der Waals surface area contributed by atoms with Gasteiger partial charge in [0.15, 0.2) is 5.75 Å². The fraction of sp³-hybridized carbons (Fsp3) is 0.0833. The summed E-state index contributed by atoms with van der Waals surface area (Å²) in [5, 5.41) is 11.4. The summed E-state index contributed by atoms with van der Waals surface area (Å²) in [6.45, 7) is 0.488. The number of benzene rings is 2. The first kappa shape index (κ1) is 8.29. The van der Waals surface area contributed by atoms with Crippen LogP contribution < -0.4 is 4.74 Å². The van der Waals surface area contributed by atoms with E-state index in [1.54, 1.807) is 18.3 Å². The van der Waals surface area contributed by atoms with Crippen LogP contribution in [0.5, 0.6) is 11.5 Å². The number of phenolic OH excluding ortho intramolecular Hbond substituents is 1. The first-order valence-electron chi connectivity index (χ1n) is 4.76. The van der Waals surface area contributed by atoms with E-state index < -0.39 is 0 Å². The van der Waals surface area contributed by atoms with E-state index in [2.05, 4.69) is 4.99 Å². The van der Waals surface area contributed by atoms with Gasteiger partial charge in [0.2, 0.25) is 0 Å². The highest BCUT2D eigenvalue weighted by Crippen LogP contribution is 2.38. The van der Waals surface area contributed by atoms with Crippen molar-refractivity contribution in [3.8, 4) is 11.5 Å². The lowest BCUT2D eigenvalue weighted by Crippen LogP contribution is -2.03. The molecule has 74 valence electrons. The van der Waals surface area contributed by atoms with Crippen molar-refractivity contribution in [2.45, 2.75) is 0 Å². The lowest BCUT2D eigenvalue weighted by atomic mass is 10.1. The molecule has 0 bridgehead atoms. The Bertz CT molecular complexity index is 566. The van der Waals surface area contributed by atoms with Gasteiger partial charge in [-0.3, -0.25) is 4.99 Å². The number of hydrogen-bond donors (Lipinski definition) is 1. The molecule has 1 aliphatic rings. The summed E-state index contributed by atoms with van der Waals surface area (Å²) in [6, 6.07) is 9.13. The maximum absolute atomic E-state index is 9.44. The molecule has 1 heterocycles. The van der Waals surface area contributed by atoms with Gasteiger partial charge in [0.1, 0.15) is 18.0 Å². The monoisotopic (exact) mass is 200 g/mol. The number of hydrogen-bond acceptors (Lipinski definition) is 3. The van der Waals surface area contributed by atoms with E-state index in [4.69, 9.17) is 4.74 Å². The summed E-state index contributed by atoms with van der Waals surface area (Å²) in [4.78, 5) is 4.24. The van der Waals surface area contributed by atoms with Crippen LogP contribution in [-0.2, 0) is 0 Å². The third kappa shape index (κ3) is 1.24. The molecule has 3 rings (SSSR count). The van der Waals surface area contributed by atoms with Gasteiger partial charge < -0.3 is 9.84 Å². The summed E-state index contributed by atoms with van der Waals surface area (Å²) in [6.07, 6.45) is 1.73. The van der Waals surface area contributed by atoms with Crippen LogP contribution in [0.15, 0.2) is 35.3 Å². The van der Waals surface area contributed by atoms with Crippen LogP contribution in [0, 0.1) is 0 Å². The zero-order valence-corrected chi connectivity index (χ0v) is 7.97. The Hall–Kier alpha value is -2.03. The molecule has 0 saturated heterocycles. The normalized spacial score (nSPS) is 13.6. The summed E-state index contributed by atoms with van der Waals surface area (Å²) < 4.78 is 5.53. The van der Waals surface area contributed by atoms with E-state index in [1.165, 1.54) is 0 Å². The molecule has 0 saturated carbocycles. The van der Waals surface area contributed by atoms with Crippen LogP contribution >= 0.6 is 0 Å². The minimum atomic E-state index is 0. The largest absolute Gasteiger partial charge is 1.00 e. The second-order valence-corrected chi connectivity index (χ2v) is 3.44.